The standard InChI is InChI=1S/C21H23NO5/c1-14(16-6-8-18-20(13-16)27-11-10-26-18)22-21(23)9-5-15-4-7-17(24-2)19(12-15)25-3/h4-9,12-14H,10-11H2,1-3H3,(H,22,23)/b9-5+. The summed E-state index contributed by atoms with van der Waals surface area (Å²) in [5.41, 5.74) is 1.79. The van der Waals surface area contributed by atoms with Gasteiger partial charge < -0.3 is 24.3 Å². The number of carbonyl (C=O) groups is 1. The lowest BCUT2D eigenvalue weighted by Crippen LogP contribution is -2.25. The zero-order valence-corrected chi connectivity index (χ0v) is 15.7. The smallest absolute Gasteiger partial charge is 0.244 e. The van der Waals surface area contributed by atoms with Crippen LogP contribution in [0.1, 0.15) is 24.1 Å². The van der Waals surface area contributed by atoms with Gasteiger partial charge in [0.05, 0.1) is 20.3 Å². The lowest BCUT2D eigenvalue weighted by Gasteiger charge is -2.20. The molecule has 0 aliphatic carbocycles. The van der Waals surface area contributed by atoms with E-state index >= 15 is 0 Å². The third-order valence-electron chi connectivity index (χ3n) is 4.26. The number of methoxy groups -OCH3 is 2. The van der Waals surface area contributed by atoms with Crippen LogP contribution in [0.5, 0.6) is 23.0 Å². The number of fused-ring (bicyclic) bond motifs is 1. The number of ether oxygens (including phenoxy) is 4. The first-order chi connectivity index (χ1) is 13.1. The summed E-state index contributed by atoms with van der Waals surface area (Å²) < 4.78 is 21.6. The Morgan fingerprint density at radius 3 is 2.52 bits per heavy atom. The van der Waals surface area contributed by atoms with E-state index < -0.39 is 0 Å². The van der Waals surface area contributed by atoms with E-state index in [1.165, 1.54) is 6.08 Å². The average molecular weight is 369 g/mol. The van der Waals surface area contributed by atoms with Crippen LogP contribution >= 0.6 is 0 Å². The Bertz CT molecular complexity index is 846. The van der Waals surface area contributed by atoms with Crippen LogP contribution in [0.4, 0.5) is 0 Å². The summed E-state index contributed by atoms with van der Waals surface area (Å²) in [6.07, 6.45) is 3.23. The van der Waals surface area contributed by atoms with E-state index in [1.54, 1.807) is 26.4 Å². The molecule has 3 rings (SSSR count). The van der Waals surface area contributed by atoms with Gasteiger partial charge in [0.15, 0.2) is 23.0 Å². The normalized spacial score (nSPS) is 13.9. The molecule has 0 fully saturated rings. The van der Waals surface area contributed by atoms with Crippen LogP contribution in [-0.4, -0.2) is 33.3 Å². The van der Waals surface area contributed by atoms with Gasteiger partial charge in [-0.25, -0.2) is 0 Å². The summed E-state index contributed by atoms with van der Waals surface area (Å²) in [6, 6.07) is 11.0. The Morgan fingerprint density at radius 2 is 1.78 bits per heavy atom. The Kier molecular flexibility index (Phi) is 5.86. The second-order valence-electron chi connectivity index (χ2n) is 6.08. The highest BCUT2D eigenvalue weighted by Crippen LogP contribution is 2.32. The lowest BCUT2D eigenvalue weighted by atomic mass is 10.1. The highest BCUT2D eigenvalue weighted by Gasteiger charge is 2.15. The average Bonchev–Trinajstić information content (AvgIpc) is 2.71. The number of amides is 1. The van der Waals surface area contributed by atoms with Gasteiger partial charge in [-0.05, 0) is 48.4 Å². The quantitative estimate of drug-likeness (QED) is 0.791. The number of hydrogen-bond donors (Lipinski definition) is 1. The molecule has 2 aromatic rings. The number of benzene rings is 2. The van der Waals surface area contributed by atoms with Crippen LogP contribution in [-0.2, 0) is 4.79 Å². The molecular formula is C21H23NO5. The molecule has 0 radical (unpaired) electrons. The topological polar surface area (TPSA) is 66.0 Å². The van der Waals surface area contributed by atoms with Crippen molar-refractivity contribution in [2.45, 2.75) is 13.0 Å². The van der Waals surface area contributed by atoms with Gasteiger partial charge in [0.1, 0.15) is 13.2 Å². The first-order valence-electron chi connectivity index (χ1n) is 8.71. The molecule has 6 heteroatoms. The third-order valence-corrected chi connectivity index (χ3v) is 4.26. The van der Waals surface area contributed by atoms with Crippen LogP contribution in [0.15, 0.2) is 42.5 Å². The molecule has 1 aliphatic rings. The summed E-state index contributed by atoms with van der Waals surface area (Å²) in [6.45, 7) is 3.01. The second-order valence-corrected chi connectivity index (χ2v) is 6.08. The predicted molar refractivity (Wildman–Crippen MR) is 103 cm³/mol. The van der Waals surface area contributed by atoms with E-state index in [-0.39, 0.29) is 11.9 Å². The Hall–Kier alpha value is -3.15. The molecule has 1 N–H and O–H groups in total. The molecule has 0 saturated heterocycles. The van der Waals surface area contributed by atoms with Crippen molar-refractivity contribution in [1.82, 2.24) is 5.32 Å². The molecule has 0 spiro atoms. The van der Waals surface area contributed by atoms with Crippen molar-refractivity contribution in [3.8, 4) is 23.0 Å². The maximum atomic E-state index is 12.3. The minimum atomic E-state index is -0.188. The van der Waals surface area contributed by atoms with Crippen molar-refractivity contribution in [3.63, 3.8) is 0 Å². The minimum Gasteiger partial charge on any atom is -0.493 e. The molecule has 1 aliphatic heterocycles. The molecule has 1 atom stereocenters. The fourth-order valence-corrected chi connectivity index (χ4v) is 2.80. The minimum absolute atomic E-state index is 0.164. The summed E-state index contributed by atoms with van der Waals surface area (Å²) >= 11 is 0. The SMILES string of the molecule is COc1ccc(/C=C/C(=O)NC(C)c2ccc3c(c2)OCCO3)cc1OC. The summed E-state index contributed by atoms with van der Waals surface area (Å²) in [5, 5.41) is 2.95. The zero-order valence-electron chi connectivity index (χ0n) is 15.7. The number of nitrogens with one attached hydrogen (secondary N) is 1. The molecule has 0 bridgehead atoms. The van der Waals surface area contributed by atoms with Crippen molar-refractivity contribution in [2.24, 2.45) is 0 Å². The van der Waals surface area contributed by atoms with Gasteiger partial charge in [0.25, 0.3) is 0 Å². The Balaban J connectivity index is 1.64. The molecule has 1 amide bonds. The van der Waals surface area contributed by atoms with Crippen LogP contribution < -0.4 is 24.3 Å². The van der Waals surface area contributed by atoms with E-state index in [1.807, 2.05) is 37.3 Å². The molecule has 142 valence electrons. The second kappa shape index (κ2) is 8.49. The van der Waals surface area contributed by atoms with Gasteiger partial charge in [-0.2, -0.15) is 0 Å². The predicted octanol–water partition coefficient (Wildman–Crippen LogP) is 3.37. The van der Waals surface area contributed by atoms with Gasteiger partial charge in [0.2, 0.25) is 5.91 Å². The maximum absolute atomic E-state index is 12.3. The Labute approximate surface area is 158 Å². The number of hydrogen-bond acceptors (Lipinski definition) is 5. The van der Waals surface area contributed by atoms with Crippen molar-refractivity contribution in [3.05, 3.63) is 53.6 Å². The summed E-state index contributed by atoms with van der Waals surface area (Å²) in [7, 11) is 3.16. The van der Waals surface area contributed by atoms with Crippen LogP contribution in [0.3, 0.4) is 0 Å². The number of carbonyl (C=O) groups excluding carboxylic acids is 1. The van der Waals surface area contributed by atoms with E-state index in [9.17, 15) is 4.79 Å². The van der Waals surface area contributed by atoms with E-state index in [0.29, 0.717) is 30.5 Å². The summed E-state index contributed by atoms with van der Waals surface area (Å²) in [4.78, 5) is 12.3. The van der Waals surface area contributed by atoms with Crippen molar-refractivity contribution < 1.29 is 23.7 Å². The molecule has 1 unspecified atom stereocenters. The zero-order chi connectivity index (χ0) is 19.2. The fraction of sp³-hybridized carbons (Fsp3) is 0.286. The monoisotopic (exact) mass is 369 g/mol. The highest BCUT2D eigenvalue weighted by molar-refractivity contribution is 5.92. The first-order valence-corrected chi connectivity index (χ1v) is 8.71. The first kappa shape index (κ1) is 18.6. The van der Waals surface area contributed by atoms with Gasteiger partial charge >= 0.3 is 0 Å². The van der Waals surface area contributed by atoms with Gasteiger partial charge in [-0.3, -0.25) is 4.79 Å². The fourth-order valence-electron chi connectivity index (χ4n) is 2.80. The van der Waals surface area contributed by atoms with Gasteiger partial charge in [0, 0.05) is 6.08 Å². The molecule has 0 saturated carbocycles. The molecule has 27 heavy (non-hydrogen) atoms. The van der Waals surface area contributed by atoms with Crippen molar-refractivity contribution in [1.29, 1.82) is 0 Å². The van der Waals surface area contributed by atoms with Crippen LogP contribution in [0.25, 0.3) is 6.08 Å². The molecular weight excluding hydrogens is 346 g/mol. The molecule has 0 aromatic heterocycles. The molecule has 6 nitrogen and oxygen atoms in total. The summed E-state index contributed by atoms with van der Waals surface area (Å²) in [5.74, 6) is 2.51. The highest BCUT2D eigenvalue weighted by atomic mass is 16.6. The van der Waals surface area contributed by atoms with Crippen LogP contribution in [0.2, 0.25) is 0 Å². The largest absolute Gasteiger partial charge is 0.493 e. The molecule has 2 aromatic carbocycles. The van der Waals surface area contributed by atoms with Crippen molar-refractivity contribution in [2.75, 3.05) is 27.4 Å². The van der Waals surface area contributed by atoms with Gasteiger partial charge in [-0.1, -0.05) is 12.1 Å². The molecule has 1 heterocycles. The lowest BCUT2D eigenvalue weighted by molar-refractivity contribution is -0.117. The van der Waals surface area contributed by atoms with Crippen molar-refractivity contribution >= 4 is 12.0 Å². The van der Waals surface area contributed by atoms with E-state index in [4.69, 9.17) is 18.9 Å². The van der Waals surface area contributed by atoms with E-state index in [0.717, 1.165) is 16.9 Å². The third kappa shape index (κ3) is 4.53. The van der Waals surface area contributed by atoms with Gasteiger partial charge in [-0.15, -0.1) is 0 Å². The Morgan fingerprint density at radius 1 is 1.04 bits per heavy atom. The van der Waals surface area contributed by atoms with Crippen LogP contribution in [0, 0.1) is 0 Å². The maximum Gasteiger partial charge on any atom is 0.244 e. The number of rotatable bonds is 6. The van der Waals surface area contributed by atoms with E-state index in [2.05, 4.69) is 5.32 Å².